The largest absolute Gasteiger partial charge is 0.463 e. The van der Waals surface area contributed by atoms with Crippen molar-refractivity contribution in [2.45, 2.75) is 6.42 Å². The average molecular weight is 323 g/mol. The molecule has 6 heteroatoms. The van der Waals surface area contributed by atoms with Crippen LogP contribution in [0.2, 0.25) is 5.02 Å². The molecule has 0 fully saturated rings. The van der Waals surface area contributed by atoms with E-state index in [1.807, 2.05) is 12.1 Å². The van der Waals surface area contributed by atoms with Gasteiger partial charge in [-0.05, 0) is 29.8 Å². The number of Topliss-reactive ketones (excluding diaryl/α,β-unsaturated/α-hetero) is 2. The molecule has 0 unspecified atom stereocenters. The monoisotopic (exact) mass is 322 g/mol. The number of esters is 1. The Labute approximate surface area is 130 Å². The maximum Gasteiger partial charge on any atom is 0.374 e. The van der Waals surface area contributed by atoms with Gasteiger partial charge in [0.05, 0.1) is 18.4 Å². The van der Waals surface area contributed by atoms with Gasteiger partial charge in [0, 0.05) is 9.90 Å². The molecule has 1 aromatic heterocycles. The van der Waals surface area contributed by atoms with E-state index < -0.39 is 24.0 Å². The molecule has 0 N–H and O–H groups in total. The molecule has 0 aliphatic heterocycles. The fourth-order valence-electron chi connectivity index (χ4n) is 1.68. The number of thiophene rings is 1. The van der Waals surface area contributed by atoms with Crippen molar-refractivity contribution < 1.29 is 19.1 Å². The molecule has 0 saturated carbocycles. The van der Waals surface area contributed by atoms with Crippen molar-refractivity contribution in [1.82, 2.24) is 0 Å². The first-order valence-corrected chi connectivity index (χ1v) is 7.21. The predicted octanol–water partition coefficient (Wildman–Crippen LogP) is 3.38. The summed E-state index contributed by atoms with van der Waals surface area (Å²) in [6.45, 7) is 0. The van der Waals surface area contributed by atoms with Crippen molar-refractivity contribution in [2.24, 2.45) is 0 Å². The van der Waals surface area contributed by atoms with Gasteiger partial charge < -0.3 is 4.74 Å². The fourth-order valence-corrected chi connectivity index (χ4v) is 2.75. The molecule has 108 valence electrons. The minimum atomic E-state index is -1.00. The summed E-state index contributed by atoms with van der Waals surface area (Å²) < 4.78 is 4.28. The van der Waals surface area contributed by atoms with Gasteiger partial charge in [-0.1, -0.05) is 23.7 Å². The van der Waals surface area contributed by atoms with Crippen molar-refractivity contribution in [3.63, 3.8) is 0 Å². The molecular formula is C15H11ClO4S. The van der Waals surface area contributed by atoms with E-state index in [9.17, 15) is 14.4 Å². The minimum absolute atomic E-state index is 0.393. The zero-order valence-electron chi connectivity index (χ0n) is 11.1. The average Bonchev–Trinajstić information content (AvgIpc) is 2.97. The van der Waals surface area contributed by atoms with Crippen LogP contribution >= 0.6 is 22.9 Å². The third-order valence-corrected chi connectivity index (χ3v) is 4.17. The van der Waals surface area contributed by atoms with Crippen LogP contribution in [0.15, 0.2) is 36.4 Å². The molecule has 0 bridgehead atoms. The molecule has 0 aliphatic rings. The Bertz CT molecular complexity index is 688. The number of hydrogen-bond acceptors (Lipinski definition) is 5. The van der Waals surface area contributed by atoms with Gasteiger partial charge in [-0.25, -0.2) is 4.79 Å². The molecule has 0 saturated heterocycles. The molecule has 21 heavy (non-hydrogen) atoms. The summed E-state index contributed by atoms with van der Waals surface area (Å²) in [7, 11) is 1.11. The van der Waals surface area contributed by atoms with Crippen LogP contribution in [-0.4, -0.2) is 24.6 Å². The molecule has 0 amide bonds. The van der Waals surface area contributed by atoms with Crippen molar-refractivity contribution in [2.75, 3.05) is 7.11 Å². The van der Waals surface area contributed by atoms with E-state index in [-0.39, 0.29) is 0 Å². The third-order valence-electron chi connectivity index (χ3n) is 2.74. The van der Waals surface area contributed by atoms with Gasteiger partial charge in [-0.15, -0.1) is 11.3 Å². The van der Waals surface area contributed by atoms with E-state index in [2.05, 4.69) is 4.74 Å². The standard InChI is InChI=1S/C15H11ClO4S/c1-20-15(19)12(18)8-11(17)14-7-6-13(21-14)9-2-4-10(16)5-3-9/h2-7H,8H2,1H3. The minimum Gasteiger partial charge on any atom is -0.463 e. The van der Waals surface area contributed by atoms with Crippen LogP contribution in [0.3, 0.4) is 0 Å². The van der Waals surface area contributed by atoms with Gasteiger partial charge in [0.1, 0.15) is 0 Å². The predicted molar refractivity (Wildman–Crippen MR) is 80.7 cm³/mol. The highest BCUT2D eigenvalue weighted by Gasteiger charge is 2.20. The Morgan fingerprint density at radius 3 is 2.38 bits per heavy atom. The lowest BCUT2D eigenvalue weighted by atomic mass is 10.1. The number of carbonyl (C=O) groups excluding carboxylic acids is 3. The Hall–Kier alpha value is -1.98. The fraction of sp³-hybridized carbons (Fsp3) is 0.133. The van der Waals surface area contributed by atoms with E-state index in [1.165, 1.54) is 11.3 Å². The Kier molecular flexibility index (Phi) is 4.88. The quantitative estimate of drug-likeness (QED) is 0.366. The molecule has 4 nitrogen and oxygen atoms in total. The molecule has 1 heterocycles. The van der Waals surface area contributed by atoms with E-state index >= 15 is 0 Å². The molecule has 1 aromatic carbocycles. The zero-order chi connectivity index (χ0) is 15.4. The van der Waals surface area contributed by atoms with Crippen LogP contribution in [-0.2, 0) is 14.3 Å². The highest BCUT2D eigenvalue weighted by Crippen LogP contribution is 2.29. The molecule has 2 rings (SSSR count). The second-order valence-corrected chi connectivity index (χ2v) is 5.71. The number of ketones is 2. The number of benzene rings is 1. The van der Waals surface area contributed by atoms with Crippen molar-refractivity contribution in [1.29, 1.82) is 0 Å². The number of halogens is 1. The highest BCUT2D eigenvalue weighted by atomic mass is 35.5. The van der Waals surface area contributed by atoms with Gasteiger partial charge in [0.2, 0.25) is 5.78 Å². The first kappa shape index (κ1) is 15.4. The molecule has 0 spiro atoms. The number of rotatable bonds is 5. The Morgan fingerprint density at radius 2 is 1.76 bits per heavy atom. The normalized spacial score (nSPS) is 10.2. The summed E-state index contributed by atoms with van der Waals surface area (Å²) >= 11 is 7.09. The molecule has 0 radical (unpaired) electrons. The van der Waals surface area contributed by atoms with Crippen LogP contribution < -0.4 is 0 Å². The van der Waals surface area contributed by atoms with Crippen LogP contribution in [0.1, 0.15) is 16.1 Å². The summed E-state index contributed by atoms with van der Waals surface area (Å²) in [5.74, 6) is -2.24. The van der Waals surface area contributed by atoms with Crippen LogP contribution in [0.4, 0.5) is 0 Å². The summed E-state index contributed by atoms with van der Waals surface area (Å²) in [5, 5.41) is 0.635. The van der Waals surface area contributed by atoms with Crippen molar-refractivity contribution >= 4 is 40.5 Å². The summed E-state index contributed by atoms with van der Waals surface area (Å²) in [6, 6.07) is 10.7. The first-order valence-electron chi connectivity index (χ1n) is 6.01. The smallest absolute Gasteiger partial charge is 0.374 e. The molecule has 0 atom stereocenters. The van der Waals surface area contributed by atoms with Crippen molar-refractivity contribution in [3.05, 3.63) is 46.3 Å². The molecular weight excluding hydrogens is 312 g/mol. The molecule has 0 aliphatic carbocycles. The van der Waals surface area contributed by atoms with Gasteiger partial charge in [0.15, 0.2) is 5.78 Å². The van der Waals surface area contributed by atoms with Gasteiger partial charge in [0.25, 0.3) is 0 Å². The van der Waals surface area contributed by atoms with Crippen LogP contribution in [0, 0.1) is 0 Å². The SMILES string of the molecule is COC(=O)C(=O)CC(=O)c1ccc(-c2ccc(Cl)cc2)s1. The number of methoxy groups -OCH3 is 1. The Balaban J connectivity index is 2.12. The van der Waals surface area contributed by atoms with Crippen molar-refractivity contribution in [3.8, 4) is 10.4 Å². The van der Waals surface area contributed by atoms with Gasteiger partial charge in [-0.2, -0.15) is 0 Å². The Morgan fingerprint density at radius 1 is 1.10 bits per heavy atom. The van der Waals surface area contributed by atoms with E-state index in [0.717, 1.165) is 17.6 Å². The lowest BCUT2D eigenvalue weighted by Crippen LogP contribution is -2.18. The van der Waals surface area contributed by atoms with E-state index in [4.69, 9.17) is 11.6 Å². The van der Waals surface area contributed by atoms with E-state index in [1.54, 1.807) is 24.3 Å². The summed E-state index contributed by atoms with van der Waals surface area (Å²) in [4.78, 5) is 35.6. The highest BCUT2D eigenvalue weighted by molar-refractivity contribution is 7.17. The number of hydrogen-bond donors (Lipinski definition) is 0. The molecule has 2 aromatic rings. The number of ether oxygens (including phenoxy) is 1. The first-order chi connectivity index (χ1) is 10.0. The number of carbonyl (C=O) groups is 3. The lowest BCUT2D eigenvalue weighted by Gasteiger charge is -1.98. The lowest BCUT2D eigenvalue weighted by molar-refractivity contribution is -0.151. The van der Waals surface area contributed by atoms with Crippen LogP contribution in [0.5, 0.6) is 0 Å². The van der Waals surface area contributed by atoms with Gasteiger partial charge in [-0.3, -0.25) is 9.59 Å². The van der Waals surface area contributed by atoms with Crippen LogP contribution in [0.25, 0.3) is 10.4 Å². The maximum atomic E-state index is 11.9. The van der Waals surface area contributed by atoms with Gasteiger partial charge >= 0.3 is 5.97 Å². The van der Waals surface area contributed by atoms with E-state index in [0.29, 0.717) is 9.90 Å². The second-order valence-electron chi connectivity index (χ2n) is 4.19. The second kappa shape index (κ2) is 6.65. The summed E-state index contributed by atoms with van der Waals surface area (Å²) in [5.41, 5.74) is 0.933. The topological polar surface area (TPSA) is 60.4 Å². The maximum absolute atomic E-state index is 11.9. The summed E-state index contributed by atoms with van der Waals surface area (Å²) in [6.07, 6.45) is -0.479. The third kappa shape index (κ3) is 3.77. The zero-order valence-corrected chi connectivity index (χ0v) is 12.7.